The van der Waals surface area contributed by atoms with Crippen LogP contribution in [0.5, 0.6) is 0 Å². The lowest BCUT2D eigenvalue weighted by Crippen LogP contribution is -2.24. The molecule has 0 spiro atoms. The average Bonchev–Trinajstić information content (AvgIpc) is 3.00. The Bertz CT molecular complexity index is 448. The first-order valence-corrected chi connectivity index (χ1v) is 8.02. The molecule has 1 aromatic rings. The molecule has 0 radical (unpaired) electrons. The number of halogens is 1. The lowest BCUT2D eigenvalue weighted by molar-refractivity contribution is 0.494. The first kappa shape index (κ1) is 13.9. The molecule has 2 nitrogen and oxygen atoms in total. The smallest absolute Gasteiger partial charge is 0.123 e. The van der Waals surface area contributed by atoms with Gasteiger partial charge in [-0.05, 0) is 61.4 Å². The van der Waals surface area contributed by atoms with Crippen molar-refractivity contribution in [1.29, 1.82) is 0 Å². The third kappa shape index (κ3) is 2.83. The van der Waals surface area contributed by atoms with E-state index in [1.54, 1.807) is 12.1 Å². The zero-order valence-corrected chi connectivity index (χ0v) is 12.4. The maximum absolute atomic E-state index is 13.5. The van der Waals surface area contributed by atoms with Gasteiger partial charge in [-0.2, -0.15) is 0 Å². The third-order valence-corrected chi connectivity index (χ3v) is 4.85. The summed E-state index contributed by atoms with van der Waals surface area (Å²) >= 11 is 0. The van der Waals surface area contributed by atoms with Crippen molar-refractivity contribution in [3.8, 4) is 0 Å². The van der Waals surface area contributed by atoms with Crippen molar-refractivity contribution in [1.82, 2.24) is 5.32 Å². The molecular weight excluding hydrogens is 251 g/mol. The van der Waals surface area contributed by atoms with Crippen molar-refractivity contribution in [2.45, 2.75) is 39.2 Å². The average molecular weight is 276 g/mol. The number of nitrogens with one attached hydrogen (secondary N) is 1. The van der Waals surface area contributed by atoms with E-state index in [0.717, 1.165) is 50.0 Å². The monoisotopic (exact) mass is 276 g/mol. The number of hydrogen-bond acceptors (Lipinski definition) is 2. The topological polar surface area (TPSA) is 15.3 Å². The Kier molecular flexibility index (Phi) is 4.25. The second kappa shape index (κ2) is 6.13. The van der Waals surface area contributed by atoms with E-state index >= 15 is 0 Å². The summed E-state index contributed by atoms with van der Waals surface area (Å²) in [7, 11) is 0. The molecule has 2 fully saturated rings. The highest BCUT2D eigenvalue weighted by atomic mass is 19.1. The molecule has 3 heteroatoms. The van der Waals surface area contributed by atoms with Crippen LogP contribution in [0, 0.1) is 17.7 Å². The SMILES string of the molecule is CCCNCc1cc(F)ccc1N1CC2CCCC2C1. The van der Waals surface area contributed by atoms with Gasteiger partial charge in [-0.1, -0.05) is 13.3 Å². The molecule has 1 heterocycles. The Balaban J connectivity index is 1.74. The molecule has 1 saturated heterocycles. The molecule has 2 unspecified atom stereocenters. The van der Waals surface area contributed by atoms with E-state index in [2.05, 4.69) is 17.1 Å². The van der Waals surface area contributed by atoms with Crippen LogP contribution in [0.1, 0.15) is 38.2 Å². The van der Waals surface area contributed by atoms with Gasteiger partial charge >= 0.3 is 0 Å². The number of rotatable bonds is 5. The number of benzene rings is 1. The molecule has 1 aliphatic carbocycles. The standard InChI is InChI=1S/C17H25FN2/c1-2-8-19-10-15-9-16(18)6-7-17(15)20-11-13-4-3-5-14(13)12-20/h6-7,9,13-14,19H,2-5,8,10-12H2,1H3. The number of fused-ring (bicyclic) bond motifs is 1. The highest BCUT2D eigenvalue weighted by molar-refractivity contribution is 5.55. The van der Waals surface area contributed by atoms with Crippen LogP contribution in [0.2, 0.25) is 0 Å². The first-order valence-electron chi connectivity index (χ1n) is 8.02. The van der Waals surface area contributed by atoms with Crippen molar-refractivity contribution in [3.63, 3.8) is 0 Å². The van der Waals surface area contributed by atoms with Crippen LogP contribution in [-0.2, 0) is 6.54 Å². The van der Waals surface area contributed by atoms with Crippen LogP contribution in [0.4, 0.5) is 10.1 Å². The van der Waals surface area contributed by atoms with Crippen molar-refractivity contribution in [2.24, 2.45) is 11.8 Å². The second-order valence-electron chi connectivity index (χ2n) is 6.31. The lowest BCUT2D eigenvalue weighted by atomic mass is 10.0. The van der Waals surface area contributed by atoms with Gasteiger partial charge in [0.15, 0.2) is 0 Å². The molecule has 110 valence electrons. The number of hydrogen-bond donors (Lipinski definition) is 1. The third-order valence-electron chi connectivity index (χ3n) is 4.85. The predicted molar refractivity (Wildman–Crippen MR) is 81.4 cm³/mol. The number of anilines is 1. The van der Waals surface area contributed by atoms with Gasteiger partial charge < -0.3 is 10.2 Å². The van der Waals surface area contributed by atoms with Gasteiger partial charge in [-0.15, -0.1) is 0 Å². The molecule has 2 aliphatic rings. The van der Waals surface area contributed by atoms with Crippen molar-refractivity contribution >= 4 is 5.69 Å². The van der Waals surface area contributed by atoms with Gasteiger partial charge in [0, 0.05) is 25.3 Å². The normalized spacial score (nSPS) is 25.2. The maximum Gasteiger partial charge on any atom is 0.123 e. The van der Waals surface area contributed by atoms with E-state index in [0.29, 0.717) is 0 Å². The largest absolute Gasteiger partial charge is 0.371 e. The van der Waals surface area contributed by atoms with Crippen LogP contribution >= 0.6 is 0 Å². The van der Waals surface area contributed by atoms with Gasteiger partial charge in [0.25, 0.3) is 0 Å². The summed E-state index contributed by atoms with van der Waals surface area (Å²) in [5.74, 6) is 1.62. The Morgan fingerprint density at radius 3 is 2.70 bits per heavy atom. The van der Waals surface area contributed by atoms with E-state index in [-0.39, 0.29) is 5.82 Å². The zero-order valence-electron chi connectivity index (χ0n) is 12.4. The molecule has 0 amide bonds. The van der Waals surface area contributed by atoms with Gasteiger partial charge in [-0.25, -0.2) is 4.39 Å². The molecule has 0 aromatic heterocycles. The quantitative estimate of drug-likeness (QED) is 0.827. The minimum atomic E-state index is -0.124. The van der Waals surface area contributed by atoms with Gasteiger partial charge in [-0.3, -0.25) is 0 Å². The molecule has 3 rings (SSSR count). The molecule has 1 saturated carbocycles. The first-order chi connectivity index (χ1) is 9.78. The Morgan fingerprint density at radius 2 is 2.00 bits per heavy atom. The highest BCUT2D eigenvalue weighted by Gasteiger charge is 2.36. The van der Waals surface area contributed by atoms with E-state index in [1.165, 1.54) is 24.9 Å². The minimum absolute atomic E-state index is 0.124. The molecular formula is C17H25FN2. The van der Waals surface area contributed by atoms with Crippen LogP contribution in [0.25, 0.3) is 0 Å². The second-order valence-corrected chi connectivity index (χ2v) is 6.31. The van der Waals surface area contributed by atoms with E-state index in [4.69, 9.17) is 0 Å². The lowest BCUT2D eigenvalue weighted by Gasteiger charge is -2.23. The molecule has 0 bridgehead atoms. The van der Waals surface area contributed by atoms with Crippen molar-refractivity contribution < 1.29 is 4.39 Å². The Labute approximate surface area is 121 Å². The molecule has 2 atom stereocenters. The van der Waals surface area contributed by atoms with Gasteiger partial charge in [0.2, 0.25) is 0 Å². The summed E-state index contributed by atoms with van der Waals surface area (Å²) in [5.41, 5.74) is 2.35. The van der Waals surface area contributed by atoms with E-state index in [1.807, 2.05) is 6.07 Å². The summed E-state index contributed by atoms with van der Waals surface area (Å²) < 4.78 is 13.5. The molecule has 1 aromatic carbocycles. The zero-order chi connectivity index (χ0) is 13.9. The molecule has 1 N–H and O–H groups in total. The Morgan fingerprint density at radius 1 is 1.25 bits per heavy atom. The van der Waals surface area contributed by atoms with Crippen LogP contribution in [0.3, 0.4) is 0 Å². The molecule has 1 aliphatic heterocycles. The minimum Gasteiger partial charge on any atom is -0.371 e. The fraction of sp³-hybridized carbons (Fsp3) is 0.647. The van der Waals surface area contributed by atoms with E-state index < -0.39 is 0 Å². The summed E-state index contributed by atoms with van der Waals surface area (Å²) in [6, 6.07) is 5.28. The maximum atomic E-state index is 13.5. The summed E-state index contributed by atoms with van der Waals surface area (Å²) in [6.45, 7) is 6.24. The van der Waals surface area contributed by atoms with Crippen LogP contribution in [0.15, 0.2) is 18.2 Å². The summed E-state index contributed by atoms with van der Waals surface area (Å²) in [5, 5.41) is 3.40. The fourth-order valence-electron chi connectivity index (χ4n) is 3.84. The van der Waals surface area contributed by atoms with Crippen LogP contribution in [-0.4, -0.2) is 19.6 Å². The fourth-order valence-corrected chi connectivity index (χ4v) is 3.84. The molecule has 20 heavy (non-hydrogen) atoms. The highest BCUT2D eigenvalue weighted by Crippen LogP contribution is 2.40. The number of nitrogens with zero attached hydrogens (tertiary/aromatic N) is 1. The Hall–Kier alpha value is -1.09. The summed E-state index contributed by atoms with van der Waals surface area (Å²) in [4.78, 5) is 2.48. The van der Waals surface area contributed by atoms with Gasteiger partial charge in [0.1, 0.15) is 5.82 Å². The van der Waals surface area contributed by atoms with Gasteiger partial charge in [0.05, 0.1) is 0 Å². The predicted octanol–water partition coefficient (Wildman–Crippen LogP) is 3.56. The van der Waals surface area contributed by atoms with Crippen molar-refractivity contribution in [3.05, 3.63) is 29.6 Å². The van der Waals surface area contributed by atoms with Crippen LogP contribution < -0.4 is 10.2 Å². The van der Waals surface area contributed by atoms with Crippen molar-refractivity contribution in [2.75, 3.05) is 24.5 Å². The summed E-state index contributed by atoms with van der Waals surface area (Å²) in [6.07, 6.45) is 5.27. The van der Waals surface area contributed by atoms with E-state index in [9.17, 15) is 4.39 Å².